The van der Waals surface area contributed by atoms with Crippen LogP contribution in [0, 0.1) is 55.7 Å². The molecule has 3 aliphatic rings. The summed E-state index contributed by atoms with van der Waals surface area (Å²) in [5, 5.41) is 19.4. The van der Waals surface area contributed by atoms with Crippen LogP contribution in [-0.2, 0) is 0 Å². The zero-order chi connectivity index (χ0) is 78.3. The van der Waals surface area contributed by atoms with Crippen LogP contribution in [0.3, 0.4) is 0 Å². The van der Waals surface area contributed by atoms with Crippen molar-refractivity contribution in [1.82, 2.24) is 104 Å². The quantitative estimate of drug-likeness (QED) is 0.0437. The molecule has 0 bridgehead atoms. The molecule has 3 fully saturated rings. The molecule has 0 radical (unpaired) electrons. The molecule has 0 spiro atoms. The molecule has 12 heterocycles. The lowest BCUT2D eigenvalue weighted by molar-refractivity contribution is 0.225. The number of hydrogen-bond donors (Lipinski definition) is 6. The number of anilines is 6. The second-order valence-electron chi connectivity index (χ2n) is 29.3. The minimum atomic E-state index is -0.638. The summed E-state index contributed by atoms with van der Waals surface area (Å²) in [6.45, 7) is 36.3. The number of imidazole rings is 3. The molecule has 15 rings (SSSR count). The first-order valence-corrected chi connectivity index (χ1v) is 38.1. The molecule has 0 amide bonds. The molecule has 1 unspecified atom stereocenters. The van der Waals surface area contributed by atoms with Crippen LogP contribution in [0.1, 0.15) is 152 Å². The Hall–Kier alpha value is -10.5. The van der Waals surface area contributed by atoms with Crippen molar-refractivity contribution in [3.63, 3.8) is 0 Å². The van der Waals surface area contributed by atoms with Crippen LogP contribution in [0.4, 0.5) is 61.6 Å². The summed E-state index contributed by atoms with van der Waals surface area (Å²) in [6, 6.07) is 21.6. The molecule has 3 aromatic carbocycles. The van der Waals surface area contributed by atoms with Crippen LogP contribution in [0.25, 0.3) is 66.9 Å². The molecular formula is C81H96F6N24. The lowest BCUT2D eigenvalue weighted by Gasteiger charge is -2.27. The van der Waals surface area contributed by atoms with E-state index in [1.54, 1.807) is 18.2 Å². The topological polar surface area (TPSA) is 251 Å². The number of hydrogen-bond acceptors (Lipinski definition) is 21. The number of aromatic nitrogens is 15. The van der Waals surface area contributed by atoms with Gasteiger partial charge in [-0.3, -0.25) is 14.7 Å². The highest BCUT2D eigenvalue weighted by Crippen LogP contribution is 2.36. The normalized spacial score (nSPS) is 15.8. The maximum Gasteiger partial charge on any atom is 0.229 e. The van der Waals surface area contributed by atoms with E-state index in [4.69, 9.17) is 0 Å². The zero-order valence-electron chi connectivity index (χ0n) is 64.8. The Balaban J connectivity index is 0.000000146. The van der Waals surface area contributed by atoms with Gasteiger partial charge in [0.25, 0.3) is 0 Å². The molecule has 582 valence electrons. The van der Waals surface area contributed by atoms with Crippen molar-refractivity contribution in [2.24, 2.45) is 0 Å². The van der Waals surface area contributed by atoms with Crippen LogP contribution in [0.15, 0.2) is 110 Å². The third kappa shape index (κ3) is 18.0. The maximum absolute atomic E-state index is 15.0. The third-order valence-corrected chi connectivity index (χ3v) is 20.7. The second-order valence-corrected chi connectivity index (χ2v) is 29.3. The molecule has 0 aliphatic carbocycles. The van der Waals surface area contributed by atoms with E-state index >= 15 is 0 Å². The Morgan fingerprint density at radius 1 is 0.324 bits per heavy atom. The van der Waals surface area contributed by atoms with Crippen LogP contribution in [0.5, 0.6) is 0 Å². The molecule has 3 atom stereocenters. The minimum absolute atomic E-state index is 0.00692. The highest BCUT2D eigenvalue weighted by atomic mass is 19.1. The number of fused-ring (bicyclic) bond motifs is 3. The van der Waals surface area contributed by atoms with Gasteiger partial charge in [0.15, 0.2) is 34.9 Å². The molecule has 0 saturated carbocycles. The van der Waals surface area contributed by atoms with E-state index in [-0.39, 0.29) is 87.7 Å². The smallest absolute Gasteiger partial charge is 0.229 e. The Bertz CT molecular complexity index is 4690. The van der Waals surface area contributed by atoms with Gasteiger partial charge in [-0.05, 0) is 213 Å². The number of nitrogens with one attached hydrogen (secondary N) is 6. The number of rotatable bonds is 18. The van der Waals surface area contributed by atoms with Gasteiger partial charge < -0.3 is 45.6 Å². The third-order valence-electron chi connectivity index (χ3n) is 20.7. The van der Waals surface area contributed by atoms with Crippen LogP contribution < -0.4 is 31.9 Å². The first-order valence-electron chi connectivity index (χ1n) is 38.1. The number of benzene rings is 3. The van der Waals surface area contributed by atoms with Gasteiger partial charge >= 0.3 is 0 Å². The summed E-state index contributed by atoms with van der Waals surface area (Å²) >= 11 is 0. The maximum atomic E-state index is 15.0. The van der Waals surface area contributed by atoms with E-state index in [0.717, 1.165) is 133 Å². The van der Waals surface area contributed by atoms with E-state index < -0.39 is 34.9 Å². The fourth-order valence-corrected chi connectivity index (χ4v) is 15.0. The van der Waals surface area contributed by atoms with Crippen molar-refractivity contribution in [3.8, 4) is 33.8 Å². The van der Waals surface area contributed by atoms with E-state index in [0.29, 0.717) is 68.2 Å². The van der Waals surface area contributed by atoms with Crippen LogP contribution >= 0.6 is 0 Å². The average Bonchev–Trinajstić information content (AvgIpc) is 1.67. The van der Waals surface area contributed by atoms with E-state index in [1.165, 1.54) is 18.2 Å². The van der Waals surface area contributed by atoms with Crippen molar-refractivity contribution in [3.05, 3.63) is 179 Å². The monoisotopic (exact) mass is 1520 g/mol. The molecule has 3 saturated heterocycles. The van der Waals surface area contributed by atoms with Gasteiger partial charge in [-0.25, -0.2) is 86.2 Å². The number of pyridine rings is 3. The highest BCUT2D eigenvalue weighted by Gasteiger charge is 2.26. The lowest BCUT2D eigenvalue weighted by Crippen LogP contribution is -2.30. The van der Waals surface area contributed by atoms with Crippen molar-refractivity contribution in [2.75, 3.05) is 94.5 Å². The first kappa shape index (κ1) is 78.6. The lowest BCUT2D eigenvalue weighted by atomic mass is 10.1. The second kappa shape index (κ2) is 34.8. The summed E-state index contributed by atoms with van der Waals surface area (Å²) in [5.74, 6) is 0.781. The number of aryl methyl sites for hydroxylation is 3. The van der Waals surface area contributed by atoms with Crippen molar-refractivity contribution in [1.29, 1.82) is 0 Å². The summed E-state index contributed by atoms with van der Waals surface area (Å²) in [5.41, 5.74) is 6.92. The first-order chi connectivity index (χ1) is 53.4. The fourth-order valence-electron chi connectivity index (χ4n) is 15.0. The Labute approximate surface area is 641 Å². The minimum Gasteiger partial charge on any atom is -0.326 e. The summed E-state index contributed by atoms with van der Waals surface area (Å²) in [4.78, 5) is 59.3. The van der Waals surface area contributed by atoms with E-state index in [2.05, 4.69) is 127 Å². The molecular weight excluding hydrogens is 1420 g/mol. The molecule has 3 aliphatic heterocycles. The summed E-state index contributed by atoms with van der Waals surface area (Å²) < 4.78 is 95.1. The summed E-state index contributed by atoms with van der Waals surface area (Å²) in [6.07, 6.45) is 12.1. The van der Waals surface area contributed by atoms with Crippen molar-refractivity contribution < 1.29 is 26.3 Å². The zero-order valence-corrected chi connectivity index (χ0v) is 64.8. The molecule has 9 aromatic heterocycles. The molecule has 24 nitrogen and oxygen atoms in total. The number of halogens is 6. The summed E-state index contributed by atoms with van der Waals surface area (Å²) in [7, 11) is 0. The molecule has 6 N–H and O–H groups in total. The van der Waals surface area contributed by atoms with E-state index in [9.17, 15) is 26.3 Å². The SMILES string of the molecule is Cc1nc2c(F)cc(-c3nc(Nc4ccc(C(C)N5CCCNCC5)cn4)ncc3F)cc2n1C(C)C.Cc1nc2c(F)cc(-c3nc(Nc4ccc([C@@H](C)N5CCCNCC5)cn4)ncc3F)cc2n1C(C)C.Cc1nc2c(F)cc(-c3nc(Nc4ccc([C@H](C)N5CCCNCC5)cn4)ncc3F)cc2n1C(C)C. The van der Waals surface area contributed by atoms with E-state index in [1.807, 2.05) is 131 Å². The fraction of sp³-hybridized carbons (Fsp3) is 0.407. The van der Waals surface area contributed by atoms with Gasteiger partial charge in [-0.15, -0.1) is 0 Å². The highest BCUT2D eigenvalue weighted by molar-refractivity contribution is 5.85. The molecule has 12 aromatic rings. The molecule has 111 heavy (non-hydrogen) atoms. The van der Waals surface area contributed by atoms with Gasteiger partial charge in [0.05, 0.1) is 35.1 Å². The molecule has 30 heteroatoms. The van der Waals surface area contributed by atoms with Gasteiger partial charge in [0.1, 0.15) is 68.6 Å². The van der Waals surface area contributed by atoms with Gasteiger partial charge in [-0.2, -0.15) is 0 Å². The predicted octanol–water partition coefficient (Wildman–Crippen LogP) is 15.5. The predicted molar refractivity (Wildman–Crippen MR) is 422 cm³/mol. The Morgan fingerprint density at radius 2 is 0.604 bits per heavy atom. The van der Waals surface area contributed by atoms with Gasteiger partial charge in [0.2, 0.25) is 17.8 Å². The van der Waals surface area contributed by atoms with Crippen molar-refractivity contribution >= 4 is 68.4 Å². The average molecular weight is 1520 g/mol. The van der Waals surface area contributed by atoms with Crippen LogP contribution in [-0.4, -0.2) is 167 Å². The standard InChI is InChI=1S/3C27H32F2N8/c3*1-16(2)37-18(4)33-26-21(28)12-20(13-23(26)37)25-22(29)15-32-27(35-25)34-24-7-6-19(14-31-24)17(3)36-10-5-8-30-9-11-36/h3*6-7,12-17,30H,5,8-11H2,1-4H3,(H,31,32,34,35)/t2*17-;/m10./s1. The number of nitrogens with zero attached hydrogens (tertiary/aromatic N) is 18. The largest absolute Gasteiger partial charge is 0.326 e. The Kier molecular flexibility index (Phi) is 24.7. The van der Waals surface area contributed by atoms with Crippen LogP contribution in [0.2, 0.25) is 0 Å². The van der Waals surface area contributed by atoms with Gasteiger partial charge in [-0.1, -0.05) is 18.2 Å². The Morgan fingerprint density at radius 3 is 0.856 bits per heavy atom. The van der Waals surface area contributed by atoms with Gasteiger partial charge in [0, 0.05) is 111 Å². The van der Waals surface area contributed by atoms with Crippen molar-refractivity contribution in [2.45, 2.75) is 139 Å².